The van der Waals surface area contributed by atoms with Gasteiger partial charge in [0.1, 0.15) is 0 Å². The van der Waals surface area contributed by atoms with Crippen molar-refractivity contribution >= 4 is 5.91 Å². The second kappa shape index (κ2) is 66.3. The molecule has 0 fully saturated rings. The highest BCUT2D eigenvalue weighted by Gasteiger charge is 2.18. The smallest absolute Gasteiger partial charge is 0.220 e. The van der Waals surface area contributed by atoms with E-state index in [1.54, 1.807) is 6.08 Å². The number of aliphatic hydroxyl groups is 2. The van der Waals surface area contributed by atoms with Crippen LogP contribution in [0.2, 0.25) is 0 Å². The third-order valence-corrected chi connectivity index (χ3v) is 14.7. The number of unbranched alkanes of at least 4 members (excludes halogenated alkanes) is 37. The number of nitrogens with one attached hydrogen (secondary N) is 1. The molecule has 0 aromatic carbocycles. The molecular formula is C72H127NO3. The summed E-state index contributed by atoms with van der Waals surface area (Å²) < 4.78 is 0. The topological polar surface area (TPSA) is 69.6 Å². The molecule has 0 aromatic heterocycles. The lowest BCUT2D eigenvalue weighted by atomic mass is 10.0. The molecule has 0 rings (SSSR count). The molecule has 0 heterocycles. The quantitative estimate of drug-likeness (QED) is 0.0420. The molecule has 0 aromatic rings. The van der Waals surface area contributed by atoms with Gasteiger partial charge in [-0.05, 0) is 96.3 Å². The van der Waals surface area contributed by atoms with E-state index < -0.39 is 12.1 Å². The maximum Gasteiger partial charge on any atom is 0.220 e. The van der Waals surface area contributed by atoms with Crippen molar-refractivity contribution in [1.82, 2.24) is 5.32 Å². The fraction of sp³-hybridized carbons (Fsp3) is 0.736. The van der Waals surface area contributed by atoms with E-state index in [2.05, 4.69) is 116 Å². The summed E-state index contributed by atoms with van der Waals surface area (Å²) in [6.07, 6.45) is 100. The Labute approximate surface area is 474 Å². The van der Waals surface area contributed by atoms with Crippen molar-refractivity contribution in [2.45, 2.75) is 334 Å². The molecular weight excluding hydrogens is 927 g/mol. The van der Waals surface area contributed by atoms with Crippen LogP contribution in [0.5, 0.6) is 0 Å². The molecule has 0 saturated heterocycles. The van der Waals surface area contributed by atoms with Gasteiger partial charge in [-0.2, -0.15) is 0 Å². The van der Waals surface area contributed by atoms with Gasteiger partial charge < -0.3 is 15.5 Å². The van der Waals surface area contributed by atoms with Gasteiger partial charge in [0.2, 0.25) is 5.91 Å². The summed E-state index contributed by atoms with van der Waals surface area (Å²) in [5.74, 6) is -0.0794. The Morgan fingerprint density at radius 1 is 0.329 bits per heavy atom. The minimum Gasteiger partial charge on any atom is -0.394 e. The van der Waals surface area contributed by atoms with Gasteiger partial charge in [0, 0.05) is 6.42 Å². The summed E-state index contributed by atoms with van der Waals surface area (Å²) in [5, 5.41) is 23.2. The second-order valence-electron chi connectivity index (χ2n) is 22.1. The van der Waals surface area contributed by atoms with Crippen LogP contribution >= 0.6 is 0 Å². The van der Waals surface area contributed by atoms with Crippen molar-refractivity contribution in [3.8, 4) is 0 Å². The van der Waals surface area contributed by atoms with Crippen molar-refractivity contribution in [1.29, 1.82) is 0 Å². The van der Waals surface area contributed by atoms with E-state index in [1.165, 1.54) is 225 Å². The van der Waals surface area contributed by atoms with E-state index in [9.17, 15) is 15.0 Å². The zero-order valence-electron chi connectivity index (χ0n) is 50.5. The minimum absolute atomic E-state index is 0.0794. The standard InChI is InChI=1S/C72H127NO3/c1-3-5-7-9-11-13-15-17-19-21-23-25-27-29-31-33-35-36-38-40-42-44-46-48-50-52-54-56-58-60-62-64-66-68-72(76)73-70(69-74)71(75)67-65-63-61-59-57-55-53-51-49-47-45-43-41-39-37-34-32-30-28-26-24-22-20-18-16-14-12-10-8-6-4-2/h5,7,11,13,17,19,23,25,29,31,35-36,49,51,57,59,65,67,70-71,74-75H,3-4,6,8-10,12,14-16,18,20-22,24,26-28,30,32-34,37-48,50,52-56,58,60-64,66,68-69H2,1-2H3,(H,73,76)/b7-5-,13-11-,19-17-,25-23-,31-29-,36-35-,51-49+,59-57+,67-65+. The molecule has 0 aliphatic heterocycles. The van der Waals surface area contributed by atoms with E-state index in [0.29, 0.717) is 6.42 Å². The fourth-order valence-electron chi connectivity index (χ4n) is 9.75. The molecule has 2 unspecified atom stereocenters. The molecule has 0 aliphatic rings. The molecule has 3 N–H and O–H groups in total. The molecule has 0 aliphatic carbocycles. The zero-order valence-corrected chi connectivity index (χ0v) is 50.5. The summed E-state index contributed by atoms with van der Waals surface area (Å²) in [7, 11) is 0. The van der Waals surface area contributed by atoms with Crippen LogP contribution < -0.4 is 5.32 Å². The molecule has 0 spiro atoms. The highest BCUT2D eigenvalue weighted by molar-refractivity contribution is 5.76. The van der Waals surface area contributed by atoms with Gasteiger partial charge in [-0.25, -0.2) is 0 Å². The van der Waals surface area contributed by atoms with Gasteiger partial charge in [-0.3, -0.25) is 4.79 Å². The maximum absolute atomic E-state index is 12.5. The first-order valence-electron chi connectivity index (χ1n) is 33.1. The molecule has 0 saturated carbocycles. The van der Waals surface area contributed by atoms with Crippen LogP contribution in [0, 0.1) is 0 Å². The normalized spacial score (nSPS) is 13.5. The van der Waals surface area contributed by atoms with Crippen molar-refractivity contribution in [2.75, 3.05) is 6.61 Å². The number of hydrogen-bond acceptors (Lipinski definition) is 3. The molecule has 2 atom stereocenters. The number of carbonyl (C=O) groups excluding carboxylic acids is 1. The Kier molecular flexibility index (Phi) is 63.8. The van der Waals surface area contributed by atoms with E-state index in [1.807, 2.05) is 6.08 Å². The third-order valence-electron chi connectivity index (χ3n) is 14.7. The van der Waals surface area contributed by atoms with E-state index in [4.69, 9.17) is 0 Å². The molecule has 4 heteroatoms. The number of aliphatic hydroxyl groups excluding tert-OH is 2. The lowest BCUT2D eigenvalue weighted by Gasteiger charge is -2.19. The Morgan fingerprint density at radius 2 is 0.592 bits per heavy atom. The van der Waals surface area contributed by atoms with Crippen LogP contribution in [0.4, 0.5) is 0 Å². The lowest BCUT2D eigenvalue weighted by Crippen LogP contribution is -2.45. The predicted octanol–water partition coefficient (Wildman–Crippen LogP) is 22.6. The first-order chi connectivity index (χ1) is 37.7. The summed E-state index contributed by atoms with van der Waals surface area (Å²) in [6.45, 7) is 4.20. The largest absolute Gasteiger partial charge is 0.394 e. The van der Waals surface area contributed by atoms with Crippen molar-refractivity contribution in [3.63, 3.8) is 0 Å². The van der Waals surface area contributed by atoms with E-state index >= 15 is 0 Å². The van der Waals surface area contributed by atoms with Crippen LogP contribution in [0.1, 0.15) is 322 Å². The van der Waals surface area contributed by atoms with Crippen molar-refractivity contribution in [2.24, 2.45) is 0 Å². The SMILES string of the molecule is CC/C=C\C/C=C\C/C=C\C/C=C\C/C=C\C/C=C\CCCCCCCCCCCCCCCCC(=O)NC(CO)C(O)/C=C/CC/C=C/CC/C=C/CCCCCCCCCCCCCCCCCCCCCCC. The van der Waals surface area contributed by atoms with Crippen molar-refractivity contribution < 1.29 is 15.0 Å². The van der Waals surface area contributed by atoms with Crippen LogP contribution in [-0.2, 0) is 4.79 Å². The number of amides is 1. The highest BCUT2D eigenvalue weighted by Crippen LogP contribution is 2.17. The molecule has 0 bridgehead atoms. The molecule has 4 nitrogen and oxygen atoms in total. The second-order valence-corrected chi connectivity index (χ2v) is 22.1. The lowest BCUT2D eigenvalue weighted by molar-refractivity contribution is -0.123. The van der Waals surface area contributed by atoms with E-state index in [-0.39, 0.29) is 12.5 Å². The number of allylic oxidation sites excluding steroid dienone is 17. The van der Waals surface area contributed by atoms with Gasteiger partial charge in [0.25, 0.3) is 0 Å². The molecule has 438 valence electrons. The number of rotatable bonds is 60. The minimum atomic E-state index is -0.878. The molecule has 0 radical (unpaired) electrons. The highest BCUT2D eigenvalue weighted by atomic mass is 16.3. The van der Waals surface area contributed by atoms with Crippen LogP contribution in [0.3, 0.4) is 0 Å². The van der Waals surface area contributed by atoms with Crippen LogP contribution in [-0.4, -0.2) is 34.9 Å². The first kappa shape index (κ1) is 73.0. The van der Waals surface area contributed by atoms with Gasteiger partial charge in [-0.1, -0.05) is 329 Å². The predicted molar refractivity (Wildman–Crippen MR) is 340 cm³/mol. The number of hydrogen-bond donors (Lipinski definition) is 3. The molecule has 76 heavy (non-hydrogen) atoms. The third kappa shape index (κ3) is 61.9. The monoisotopic (exact) mass is 1050 g/mol. The van der Waals surface area contributed by atoms with Gasteiger partial charge >= 0.3 is 0 Å². The summed E-state index contributed by atoms with van der Waals surface area (Å²) >= 11 is 0. The summed E-state index contributed by atoms with van der Waals surface area (Å²) in [6, 6.07) is -0.654. The maximum atomic E-state index is 12.5. The fourth-order valence-corrected chi connectivity index (χ4v) is 9.75. The zero-order chi connectivity index (χ0) is 54.8. The molecule has 1 amide bonds. The van der Waals surface area contributed by atoms with Crippen LogP contribution in [0.25, 0.3) is 0 Å². The summed E-state index contributed by atoms with van der Waals surface area (Å²) in [5.41, 5.74) is 0. The average molecular weight is 1050 g/mol. The van der Waals surface area contributed by atoms with Crippen molar-refractivity contribution in [3.05, 3.63) is 109 Å². The summed E-state index contributed by atoms with van der Waals surface area (Å²) in [4.78, 5) is 12.5. The Morgan fingerprint density at radius 3 is 0.921 bits per heavy atom. The Hall–Kier alpha value is -2.95. The van der Waals surface area contributed by atoms with Gasteiger partial charge in [0.05, 0.1) is 18.8 Å². The van der Waals surface area contributed by atoms with Gasteiger partial charge in [-0.15, -0.1) is 0 Å². The Bertz CT molecular complexity index is 1430. The van der Waals surface area contributed by atoms with Crippen LogP contribution in [0.15, 0.2) is 109 Å². The Balaban J connectivity index is 3.55. The van der Waals surface area contributed by atoms with E-state index in [0.717, 1.165) is 77.0 Å². The first-order valence-corrected chi connectivity index (χ1v) is 33.1. The number of carbonyl (C=O) groups is 1. The van der Waals surface area contributed by atoms with Gasteiger partial charge in [0.15, 0.2) is 0 Å². The average Bonchev–Trinajstić information content (AvgIpc) is 3.42.